The fourth-order valence-electron chi connectivity index (χ4n) is 4.02. The standard InChI is InChI=1S/C18H26F3N5O3/c1-17(2)28-15-11(24-14-8-23-7-13(25-14)18(19,20)21)10-27-12(16(15)29-17)9-26-5-3-22-4-6-26/h7-8,11-12,15-16,22H,3-6,9-10H2,1-2H3,(H,24,25)/t11-,12+,15+,16-/m0/s1. The first-order valence-electron chi connectivity index (χ1n) is 9.77. The second-order valence-corrected chi connectivity index (χ2v) is 8.03. The average Bonchev–Trinajstić information content (AvgIpc) is 3.00. The van der Waals surface area contributed by atoms with Crippen LogP contribution in [0.15, 0.2) is 12.4 Å². The van der Waals surface area contributed by atoms with E-state index in [-0.39, 0.29) is 30.7 Å². The summed E-state index contributed by atoms with van der Waals surface area (Å²) in [5.41, 5.74) is -1.05. The highest BCUT2D eigenvalue weighted by Gasteiger charge is 2.52. The number of fused-ring (bicyclic) bond motifs is 1. The number of aromatic nitrogens is 2. The largest absolute Gasteiger partial charge is 0.434 e. The van der Waals surface area contributed by atoms with E-state index in [0.29, 0.717) is 6.20 Å². The van der Waals surface area contributed by atoms with E-state index in [0.717, 1.165) is 32.7 Å². The number of piperazine rings is 1. The van der Waals surface area contributed by atoms with E-state index in [1.54, 1.807) is 0 Å². The smallest absolute Gasteiger partial charge is 0.372 e. The van der Waals surface area contributed by atoms with Gasteiger partial charge in [-0.1, -0.05) is 0 Å². The van der Waals surface area contributed by atoms with Crippen molar-refractivity contribution in [3.8, 4) is 0 Å². The van der Waals surface area contributed by atoms with Gasteiger partial charge in [0.05, 0.1) is 31.1 Å². The monoisotopic (exact) mass is 417 g/mol. The third-order valence-corrected chi connectivity index (χ3v) is 5.32. The van der Waals surface area contributed by atoms with Crippen LogP contribution in [0, 0.1) is 0 Å². The van der Waals surface area contributed by atoms with Crippen LogP contribution >= 0.6 is 0 Å². The van der Waals surface area contributed by atoms with E-state index < -0.39 is 23.7 Å². The molecule has 11 heteroatoms. The highest BCUT2D eigenvalue weighted by molar-refractivity contribution is 5.35. The molecule has 162 valence electrons. The Labute approximate surface area is 167 Å². The topological polar surface area (TPSA) is 80.8 Å². The van der Waals surface area contributed by atoms with E-state index >= 15 is 0 Å². The molecule has 0 aliphatic carbocycles. The Morgan fingerprint density at radius 2 is 1.93 bits per heavy atom. The summed E-state index contributed by atoms with van der Waals surface area (Å²) in [6.45, 7) is 8.38. The van der Waals surface area contributed by atoms with Crippen LogP contribution in [-0.4, -0.2) is 84.3 Å². The quantitative estimate of drug-likeness (QED) is 0.754. The van der Waals surface area contributed by atoms with Crippen molar-refractivity contribution in [2.75, 3.05) is 44.6 Å². The molecule has 4 atom stereocenters. The lowest BCUT2D eigenvalue weighted by molar-refractivity contribution is -0.155. The Kier molecular flexibility index (Phi) is 5.68. The van der Waals surface area contributed by atoms with Gasteiger partial charge in [-0.25, -0.2) is 4.98 Å². The molecule has 0 amide bonds. The summed E-state index contributed by atoms with van der Waals surface area (Å²) in [6.07, 6.45) is -3.47. The molecule has 4 rings (SSSR count). The zero-order chi connectivity index (χ0) is 20.6. The number of anilines is 1. The third kappa shape index (κ3) is 4.80. The summed E-state index contributed by atoms with van der Waals surface area (Å²) in [5, 5.41) is 6.32. The zero-order valence-corrected chi connectivity index (χ0v) is 16.4. The van der Waals surface area contributed by atoms with Gasteiger partial charge in [0.2, 0.25) is 0 Å². The van der Waals surface area contributed by atoms with Gasteiger partial charge in [-0.3, -0.25) is 9.88 Å². The Hall–Kier alpha value is -1.53. The van der Waals surface area contributed by atoms with Crippen LogP contribution in [0.1, 0.15) is 19.5 Å². The number of alkyl halides is 3. The van der Waals surface area contributed by atoms with Gasteiger partial charge < -0.3 is 24.8 Å². The first kappa shape index (κ1) is 20.7. The molecule has 1 aromatic heterocycles. The van der Waals surface area contributed by atoms with Crippen LogP contribution in [0.3, 0.4) is 0 Å². The molecule has 2 N–H and O–H groups in total. The van der Waals surface area contributed by atoms with Gasteiger partial charge in [0, 0.05) is 32.7 Å². The van der Waals surface area contributed by atoms with Gasteiger partial charge in [0.15, 0.2) is 11.5 Å². The molecule has 0 aromatic carbocycles. The molecule has 29 heavy (non-hydrogen) atoms. The van der Waals surface area contributed by atoms with E-state index in [2.05, 4.69) is 25.5 Å². The van der Waals surface area contributed by atoms with Crippen LogP contribution in [0.4, 0.5) is 19.0 Å². The van der Waals surface area contributed by atoms with E-state index in [1.807, 2.05) is 13.8 Å². The van der Waals surface area contributed by atoms with Gasteiger partial charge in [-0.2, -0.15) is 13.2 Å². The molecule has 0 bridgehead atoms. The summed E-state index contributed by atoms with van der Waals surface area (Å²) >= 11 is 0. The summed E-state index contributed by atoms with van der Waals surface area (Å²) in [4.78, 5) is 9.61. The van der Waals surface area contributed by atoms with Gasteiger partial charge in [0.1, 0.15) is 18.0 Å². The molecule has 1 aromatic rings. The number of hydrogen-bond acceptors (Lipinski definition) is 8. The molecular weight excluding hydrogens is 391 g/mol. The van der Waals surface area contributed by atoms with Crippen LogP contribution in [0.25, 0.3) is 0 Å². The molecule has 0 saturated carbocycles. The van der Waals surface area contributed by atoms with Crippen molar-refractivity contribution in [1.29, 1.82) is 0 Å². The molecule has 0 radical (unpaired) electrons. The maximum absolute atomic E-state index is 12.9. The van der Waals surface area contributed by atoms with Crippen molar-refractivity contribution in [3.63, 3.8) is 0 Å². The minimum atomic E-state index is -4.56. The third-order valence-electron chi connectivity index (χ3n) is 5.32. The first-order chi connectivity index (χ1) is 13.7. The summed E-state index contributed by atoms with van der Waals surface area (Å²) in [6, 6.07) is -0.404. The Bertz CT molecular complexity index is 714. The fraction of sp³-hybridized carbons (Fsp3) is 0.778. The van der Waals surface area contributed by atoms with Gasteiger partial charge in [-0.15, -0.1) is 0 Å². The summed E-state index contributed by atoms with van der Waals surface area (Å²) < 4.78 is 57.1. The number of ether oxygens (including phenoxy) is 3. The van der Waals surface area contributed by atoms with E-state index in [1.165, 1.54) is 6.20 Å². The van der Waals surface area contributed by atoms with E-state index in [4.69, 9.17) is 14.2 Å². The van der Waals surface area contributed by atoms with Crippen LogP contribution in [0.5, 0.6) is 0 Å². The van der Waals surface area contributed by atoms with Crippen molar-refractivity contribution in [2.24, 2.45) is 0 Å². The number of hydrogen-bond donors (Lipinski definition) is 2. The molecule has 3 saturated heterocycles. The van der Waals surface area contributed by atoms with Crippen LogP contribution in [-0.2, 0) is 20.4 Å². The molecular formula is C18H26F3N5O3. The van der Waals surface area contributed by atoms with Gasteiger partial charge in [-0.05, 0) is 13.8 Å². The average molecular weight is 417 g/mol. The molecule has 3 aliphatic rings. The van der Waals surface area contributed by atoms with E-state index in [9.17, 15) is 13.2 Å². The highest BCUT2D eigenvalue weighted by Crippen LogP contribution is 2.37. The minimum absolute atomic E-state index is 0.0287. The van der Waals surface area contributed by atoms with Gasteiger partial charge in [0.25, 0.3) is 0 Å². The molecule has 4 heterocycles. The number of nitrogens with one attached hydrogen (secondary N) is 2. The highest BCUT2D eigenvalue weighted by atomic mass is 19.4. The normalized spacial score (nSPS) is 32.7. The zero-order valence-electron chi connectivity index (χ0n) is 16.4. The summed E-state index contributed by atoms with van der Waals surface area (Å²) in [7, 11) is 0. The fourth-order valence-corrected chi connectivity index (χ4v) is 4.02. The molecule has 0 spiro atoms. The van der Waals surface area contributed by atoms with Crippen molar-refractivity contribution < 1.29 is 27.4 Å². The van der Waals surface area contributed by atoms with Crippen LogP contribution < -0.4 is 10.6 Å². The SMILES string of the molecule is CC1(C)O[C@@H]2[C@H](O1)[C@@H](Nc1cncc(C(F)(F)F)n1)CO[C@@H]2CN1CCNCC1. The number of halogens is 3. The van der Waals surface area contributed by atoms with Crippen molar-refractivity contribution >= 4 is 5.82 Å². The predicted molar refractivity (Wildman–Crippen MR) is 97.3 cm³/mol. The Morgan fingerprint density at radius 3 is 2.66 bits per heavy atom. The lowest BCUT2D eigenvalue weighted by atomic mass is 9.97. The predicted octanol–water partition coefficient (Wildman–Crippen LogP) is 1.10. The van der Waals surface area contributed by atoms with Crippen molar-refractivity contribution in [1.82, 2.24) is 20.2 Å². The second-order valence-electron chi connectivity index (χ2n) is 8.03. The molecule has 0 unspecified atom stereocenters. The van der Waals surface area contributed by atoms with Crippen molar-refractivity contribution in [2.45, 2.75) is 50.2 Å². The molecule has 3 aliphatic heterocycles. The molecule has 3 fully saturated rings. The number of nitrogens with zero attached hydrogens (tertiary/aromatic N) is 3. The maximum atomic E-state index is 12.9. The lowest BCUT2D eigenvalue weighted by Gasteiger charge is -2.40. The maximum Gasteiger partial charge on any atom is 0.434 e. The Balaban J connectivity index is 1.47. The first-order valence-corrected chi connectivity index (χ1v) is 9.77. The number of rotatable bonds is 4. The molecule has 8 nitrogen and oxygen atoms in total. The second kappa shape index (κ2) is 7.95. The van der Waals surface area contributed by atoms with Gasteiger partial charge >= 0.3 is 6.18 Å². The van der Waals surface area contributed by atoms with Crippen molar-refractivity contribution in [3.05, 3.63) is 18.1 Å². The lowest BCUT2D eigenvalue weighted by Crippen LogP contribution is -2.58. The van der Waals surface area contributed by atoms with Crippen LogP contribution in [0.2, 0.25) is 0 Å². The summed E-state index contributed by atoms with van der Waals surface area (Å²) in [5.74, 6) is -0.773. The Morgan fingerprint density at radius 1 is 1.21 bits per heavy atom. The minimum Gasteiger partial charge on any atom is -0.372 e.